The van der Waals surface area contributed by atoms with Gasteiger partial charge in [0.25, 0.3) is 17.4 Å². The highest BCUT2D eigenvalue weighted by molar-refractivity contribution is 7.13. The maximum absolute atomic E-state index is 12.6. The van der Waals surface area contributed by atoms with Crippen LogP contribution in [0.4, 0.5) is 0 Å². The van der Waals surface area contributed by atoms with Crippen molar-refractivity contribution in [2.24, 2.45) is 0 Å². The second-order valence-corrected chi connectivity index (χ2v) is 8.36. The van der Waals surface area contributed by atoms with Crippen molar-refractivity contribution in [3.63, 3.8) is 0 Å². The van der Waals surface area contributed by atoms with E-state index in [4.69, 9.17) is 0 Å². The second kappa shape index (κ2) is 9.57. The Hall–Kier alpha value is -4.83. The lowest BCUT2D eigenvalue weighted by Crippen LogP contribution is -2.41. The Morgan fingerprint density at radius 2 is 1.71 bits per heavy atom. The van der Waals surface area contributed by atoms with Crippen LogP contribution < -0.4 is 16.4 Å². The molecule has 3 N–H and O–H groups in total. The van der Waals surface area contributed by atoms with Crippen LogP contribution in [0.15, 0.2) is 89.2 Å². The van der Waals surface area contributed by atoms with E-state index in [0.717, 1.165) is 21.8 Å². The number of H-pyrrole nitrogens is 1. The maximum Gasteiger partial charge on any atom is 0.290 e. The number of rotatable bonds is 5. The van der Waals surface area contributed by atoms with E-state index in [2.05, 4.69) is 26.1 Å². The van der Waals surface area contributed by atoms with Crippen molar-refractivity contribution in [2.45, 2.75) is 0 Å². The van der Waals surface area contributed by atoms with Crippen LogP contribution >= 0.6 is 11.3 Å². The average Bonchev–Trinajstić information content (AvgIpc) is 3.57. The van der Waals surface area contributed by atoms with Crippen LogP contribution in [0.2, 0.25) is 0 Å². The van der Waals surface area contributed by atoms with Gasteiger partial charge in [-0.05, 0) is 35.7 Å². The van der Waals surface area contributed by atoms with Gasteiger partial charge in [-0.15, -0.1) is 11.3 Å². The zero-order valence-electron chi connectivity index (χ0n) is 18.1. The van der Waals surface area contributed by atoms with Gasteiger partial charge in [-0.3, -0.25) is 25.2 Å². The first kappa shape index (κ1) is 22.0. The van der Waals surface area contributed by atoms with Crippen LogP contribution in [0.25, 0.3) is 33.1 Å². The van der Waals surface area contributed by atoms with Crippen LogP contribution in [0.1, 0.15) is 16.1 Å². The number of aromatic nitrogens is 4. The predicted molar refractivity (Wildman–Crippen MR) is 134 cm³/mol. The van der Waals surface area contributed by atoms with Crippen molar-refractivity contribution in [3.8, 4) is 16.3 Å². The molecular formula is C25H18N6O3S. The van der Waals surface area contributed by atoms with Crippen LogP contribution in [-0.2, 0) is 4.79 Å². The van der Waals surface area contributed by atoms with E-state index in [1.54, 1.807) is 46.4 Å². The maximum atomic E-state index is 12.6. The molecule has 0 atom stereocenters. The Morgan fingerprint density at radius 1 is 0.943 bits per heavy atom. The van der Waals surface area contributed by atoms with Crippen molar-refractivity contribution in [1.29, 1.82) is 0 Å². The van der Waals surface area contributed by atoms with Crippen LogP contribution in [-0.4, -0.2) is 31.8 Å². The first-order valence-corrected chi connectivity index (χ1v) is 11.4. The molecule has 0 fully saturated rings. The van der Waals surface area contributed by atoms with Crippen LogP contribution in [0.5, 0.6) is 0 Å². The fourth-order valence-electron chi connectivity index (χ4n) is 3.50. The number of thiophene rings is 1. The SMILES string of the molecule is O=C(/C=C/c1cn(-c2ccccc2)nc1-c1cccs1)NNC(=O)c1n[nH]c(=O)c2ccccc12. The minimum atomic E-state index is -0.657. The average molecular weight is 483 g/mol. The van der Waals surface area contributed by atoms with E-state index in [1.165, 1.54) is 6.08 Å². The number of hydrazine groups is 1. The summed E-state index contributed by atoms with van der Waals surface area (Å²) in [5, 5.41) is 13.5. The molecule has 0 bridgehead atoms. The largest absolute Gasteiger partial charge is 0.290 e. The third kappa shape index (κ3) is 4.63. The van der Waals surface area contributed by atoms with Crippen LogP contribution in [0, 0.1) is 0 Å². The van der Waals surface area contributed by atoms with E-state index < -0.39 is 17.4 Å². The number of carbonyl (C=O) groups is 2. The molecule has 172 valence electrons. The van der Waals surface area contributed by atoms with E-state index in [0.29, 0.717) is 10.8 Å². The van der Waals surface area contributed by atoms with Gasteiger partial charge in [0.2, 0.25) is 0 Å². The second-order valence-electron chi connectivity index (χ2n) is 7.41. The van der Waals surface area contributed by atoms with E-state index in [9.17, 15) is 14.4 Å². The summed E-state index contributed by atoms with van der Waals surface area (Å²) in [7, 11) is 0. The normalized spacial score (nSPS) is 11.1. The van der Waals surface area contributed by atoms with E-state index in [-0.39, 0.29) is 5.69 Å². The van der Waals surface area contributed by atoms with Gasteiger partial charge < -0.3 is 0 Å². The number of aromatic amines is 1. The standard InChI is InChI=1S/C25H18N6O3S/c32-21(26-29-25(34)23-18-9-4-5-10-19(18)24(33)28-27-23)13-12-16-15-31(17-7-2-1-3-8-17)30-22(16)20-11-6-14-35-20/h1-15H,(H,26,32)(H,28,33)(H,29,34)/b13-12+. The quantitative estimate of drug-likeness (QED) is 0.262. The molecule has 5 aromatic rings. The molecule has 10 heteroatoms. The summed E-state index contributed by atoms with van der Waals surface area (Å²) >= 11 is 1.55. The van der Waals surface area contributed by atoms with E-state index in [1.807, 2.05) is 54.0 Å². The molecule has 0 aliphatic carbocycles. The zero-order valence-corrected chi connectivity index (χ0v) is 19.0. The monoisotopic (exact) mass is 482 g/mol. The van der Waals surface area contributed by atoms with Crippen molar-refractivity contribution in [1.82, 2.24) is 30.8 Å². The predicted octanol–water partition coefficient (Wildman–Crippen LogP) is 3.31. The highest BCUT2D eigenvalue weighted by atomic mass is 32.1. The number of amides is 2. The lowest BCUT2D eigenvalue weighted by molar-refractivity contribution is -0.117. The molecule has 0 saturated carbocycles. The van der Waals surface area contributed by atoms with Gasteiger partial charge in [-0.1, -0.05) is 42.5 Å². The number of para-hydroxylation sites is 1. The third-order valence-electron chi connectivity index (χ3n) is 5.14. The van der Waals surface area contributed by atoms with Crippen molar-refractivity contribution >= 4 is 40.0 Å². The Morgan fingerprint density at radius 3 is 2.49 bits per heavy atom. The number of hydrogen-bond acceptors (Lipinski definition) is 6. The molecule has 35 heavy (non-hydrogen) atoms. The van der Waals surface area contributed by atoms with Crippen molar-refractivity contribution < 1.29 is 9.59 Å². The summed E-state index contributed by atoms with van der Waals surface area (Å²) in [6.07, 6.45) is 4.78. The molecule has 9 nitrogen and oxygen atoms in total. The first-order valence-electron chi connectivity index (χ1n) is 10.5. The smallest absolute Gasteiger partial charge is 0.268 e. The zero-order chi connectivity index (χ0) is 24.2. The Kier molecular flexibility index (Phi) is 6.01. The Labute approximate surface area is 202 Å². The number of fused-ring (bicyclic) bond motifs is 1. The molecule has 0 spiro atoms. The van der Waals surface area contributed by atoms with Crippen LogP contribution in [0.3, 0.4) is 0 Å². The van der Waals surface area contributed by atoms with Gasteiger partial charge in [0.05, 0.1) is 16.0 Å². The summed E-state index contributed by atoms with van der Waals surface area (Å²) in [4.78, 5) is 37.9. The van der Waals surface area contributed by atoms with Gasteiger partial charge in [0, 0.05) is 23.2 Å². The number of nitrogens with one attached hydrogen (secondary N) is 3. The molecular weight excluding hydrogens is 464 g/mol. The number of benzene rings is 2. The number of nitrogens with zero attached hydrogens (tertiary/aromatic N) is 3. The molecule has 0 aliphatic heterocycles. The summed E-state index contributed by atoms with van der Waals surface area (Å²) in [5.74, 6) is -1.20. The molecule has 2 aromatic carbocycles. The topological polar surface area (TPSA) is 122 Å². The molecule has 2 amide bonds. The summed E-state index contributed by atoms with van der Waals surface area (Å²) in [6, 6.07) is 20.1. The number of hydrogen-bond donors (Lipinski definition) is 3. The third-order valence-corrected chi connectivity index (χ3v) is 6.02. The van der Waals surface area contributed by atoms with Gasteiger partial charge in [-0.25, -0.2) is 9.78 Å². The first-order chi connectivity index (χ1) is 17.1. The summed E-state index contributed by atoms with van der Waals surface area (Å²) in [5.41, 5.74) is 6.63. The minimum absolute atomic E-state index is 0.00593. The fourth-order valence-corrected chi connectivity index (χ4v) is 4.23. The van der Waals surface area contributed by atoms with Gasteiger partial charge in [-0.2, -0.15) is 10.2 Å². The van der Waals surface area contributed by atoms with Gasteiger partial charge >= 0.3 is 0 Å². The molecule has 0 aliphatic rings. The Balaban J connectivity index is 1.33. The van der Waals surface area contributed by atoms with Crippen molar-refractivity contribution in [3.05, 3.63) is 106 Å². The van der Waals surface area contributed by atoms with E-state index >= 15 is 0 Å². The minimum Gasteiger partial charge on any atom is -0.268 e. The molecule has 0 saturated heterocycles. The Bertz CT molecular complexity index is 1600. The highest BCUT2D eigenvalue weighted by Gasteiger charge is 2.15. The lowest BCUT2D eigenvalue weighted by atomic mass is 10.1. The van der Waals surface area contributed by atoms with Gasteiger partial charge in [0.15, 0.2) is 5.69 Å². The molecule has 0 radical (unpaired) electrons. The fraction of sp³-hybridized carbons (Fsp3) is 0. The number of carbonyl (C=O) groups excluding carboxylic acids is 2. The summed E-state index contributed by atoms with van der Waals surface area (Å²) < 4.78 is 1.75. The summed E-state index contributed by atoms with van der Waals surface area (Å²) in [6.45, 7) is 0. The van der Waals surface area contributed by atoms with Gasteiger partial charge in [0.1, 0.15) is 5.69 Å². The molecule has 0 unspecified atom stereocenters. The highest BCUT2D eigenvalue weighted by Crippen LogP contribution is 2.28. The molecule has 3 aromatic heterocycles. The van der Waals surface area contributed by atoms with Crippen molar-refractivity contribution in [2.75, 3.05) is 0 Å². The lowest BCUT2D eigenvalue weighted by Gasteiger charge is -2.06. The molecule has 3 heterocycles. The molecule has 5 rings (SSSR count).